The highest BCUT2D eigenvalue weighted by molar-refractivity contribution is 7.89. The van der Waals surface area contributed by atoms with Crippen LogP contribution in [0.4, 0.5) is 4.79 Å². The van der Waals surface area contributed by atoms with Crippen molar-refractivity contribution in [2.75, 3.05) is 13.2 Å². The van der Waals surface area contributed by atoms with Gasteiger partial charge in [0.15, 0.2) is 5.60 Å². The quantitative estimate of drug-likeness (QED) is 0.591. The van der Waals surface area contributed by atoms with Crippen LogP contribution in [-0.2, 0) is 19.5 Å². The summed E-state index contributed by atoms with van der Waals surface area (Å²) in [5.41, 5.74) is 4.42. The number of benzene rings is 1. The second-order valence-corrected chi connectivity index (χ2v) is 6.23. The van der Waals surface area contributed by atoms with E-state index in [0.717, 1.165) is 6.21 Å². The molecule has 1 heterocycles. The average molecular weight is 313 g/mol. The molecule has 8 nitrogen and oxygen atoms in total. The molecule has 0 aromatic heterocycles. The fraction of sp³-hybridized carbons (Fsp3) is 0.333. The molecule has 1 aromatic carbocycles. The van der Waals surface area contributed by atoms with E-state index < -0.39 is 21.7 Å². The Morgan fingerprint density at radius 1 is 1.48 bits per heavy atom. The van der Waals surface area contributed by atoms with Gasteiger partial charge in [0.1, 0.15) is 0 Å². The number of rotatable bonds is 5. The summed E-state index contributed by atoms with van der Waals surface area (Å²) in [4.78, 5) is 13.0. The van der Waals surface area contributed by atoms with Crippen LogP contribution in [0.3, 0.4) is 0 Å². The highest BCUT2D eigenvalue weighted by Crippen LogP contribution is 2.20. The number of hydrogen-bond donors (Lipinski definition) is 2. The number of hydrogen-bond acceptors (Lipinski definition) is 6. The van der Waals surface area contributed by atoms with Crippen molar-refractivity contribution in [1.29, 1.82) is 0 Å². The van der Waals surface area contributed by atoms with Crippen molar-refractivity contribution in [2.45, 2.75) is 17.4 Å². The van der Waals surface area contributed by atoms with E-state index in [0.29, 0.717) is 5.56 Å². The first-order chi connectivity index (χ1) is 9.85. The van der Waals surface area contributed by atoms with Gasteiger partial charge in [0.05, 0.1) is 24.3 Å². The van der Waals surface area contributed by atoms with Crippen molar-refractivity contribution < 1.29 is 22.7 Å². The second kappa shape index (κ2) is 5.70. The van der Waals surface area contributed by atoms with Gasteiger partial charge in [0, 0.05) is 0 Å². The molecule has 3 N–H and O–H groups in total. The van der Waals surface area contributed by atoms with E-state index in [-0.39, 0.29) is 18.1 Å². The third kappa shape index (κ3) is 3.50. The zero-order valence-electron chi connectivity index (χ0n) is 11.3. The highest BCUT2D eigenvalue weighted by Gasteiger charge is 2.41. The Labute approximate surface area is 122 Å². The lowest BCUT2D eigenvalue weighted by atomic mass is 10.0. The molecule has 0 spiro atoms. The molecule has 114 valence electrons. The molecule has 2 rings (SSSR count). The van der Waals surface area contributed by atoms with E-state index in [1.165, 1.54) is 6.07 Å². The maximum absolute atomic E-state index is 12.1. The Hall–Kier alpha value is -2.13. The second-order valence-electron chi connectivity index (χ2n) is 4.60. The first-order valence-corrected chi connectivity index (χ1v) is 7.51. The van der Waals surface area contributed by atoms with Gasteiger partial charge in [-0.25, -0.2) is 9.63 Å². The molecular formula is C12H15N3O5S. The largest absolute Gasteiger partial charge is 0.432 e. The van der Waals surface area contributed by atoms with Crippen molar-refractivity contribution in [1.82, 2.24) is 4.83 Å². The third-order valence-corrected chi connectivity index (χ3v) is 4.24. The highest BCUT2D eigenvalue weighted by atomic mass is 32.2. The van der Waals surface area contributed by atoms with Crippen LogP contribution in [0.1, 0.15) is 5.56 Å². The van der Waals surface area contributed by atoms with Gasteiger partial charge in [0.25, 0.3) is 10.0 Å². The van der Waals surface area contributed by atoms with E-state index in [2.05, 4.69) is 9.93 Å². The summed E-state index contributed by atoms with van der Waals surface area (Å²) < 4.78 is 33.9. The molecular weight excluding hydrogens is 298 g/mol. The number of primary amides is 1. The van der Waals surface area contributed by atoms with Crippen molar-refractivity contribution in [3.63, 3.8) is 0 Å². The molecule has 9 heteroatoms. The van der Waals surface area contributed by atoms with Gasteiger partial charge in [-0.05, 0) is 18.6 Å². The Morgan fingerprint density at radius 2 is 2.14 bits per heavy atom. The molecule has 1 saturated heterocycles. The lowest BCUT2D eigenvalue weighted by Crippen LogP contribution is -2.55. The number of hydrazone groups is 1. The van der Waals surface area contributed by atoms with E-state index in [4.69, 9.17) is 15.2 Å². The molecule has 1 fully saturated rings. The van der Waals surface area contributed by atoms with E-state index in [1.54, 1.807) is 25.1 Å². The van der Waals surface area contributed by atoms with Crippen LogP contribution < -0.4 is 10.6 Å². The lowest BCUT2D eigenvalue weighted by molar-refractivity contribution is -0.131. The Bertz CT molecular complexity index is 667. The monoisotopic (exact) mass is 313 g/mol. The number of nitrogens with zero attached hydrogens (tertiary/aromatic N) is 1. The summed E-state index contributed by atoms with van der Waals surface area (Å²) in [5.74, 6) is 0. The zero-order chi connectivity index (χ0) is 15.5. The molecule has 1 aliphatic heterocycles. The predicted molar refractivity (Wildman–Crippen MR) is 74.2 cm³/mol. The van der Waals surface area contributed by atoms with E-state index in [9.17, 15) is 13.2 Å². The van der Waals surface area contributed by atoms with Crippen molar-refractivity contribution in [3.05, 3.63) is 29.8 Å². The maximum Gasteiger partial charge on any atom is 0.405 e. The minimum atomic E-state index is -3.79. The number of carbonyl (C=O) groups excluding carboxylic acids is 1. The standard InChI is InChI=1S/C12H15N3O5S/c1-9-4-2-3-5-10(9)21(17,18)15-14-6-12(7-19-8-12)20-11(13)16/h2-6,15H,7-8H2,1H3,(H2,13,16). The van der Waals surface area contributed by atoms with Crippen LogP contribution in [-0.4, -0.2) is 39.5 Å². The van der Waals surface area contributed by atoms with Crippen LogP contribution in [0.5, 0.6) is 0 Å². The topological polar surface area (TPSA) is 120 Å². The van der Waals surface area contributed by atoms with Gasteiger partial charge in [-0.2, -0.15) is 13.5 Å². The van der Waals surface area contributed by atoms with Crippen LogP contribution >= 0.6 is 0 Å². The maximum atomic E-state index is 12.1. The molecule has 1 aromatic rings. The Morgan fingerprint density at radius 3 is 2.67 bits per heavy atom. The minimum absolute atomic E-state index is 0.0749. The molecule has 0 saturated carbocycles. The van der Waals surface area contributed by atoms with Gasteiger partial charge in [-0.1, -0.05) is 18.2 Å². The third-order valence-electron chi connectivity index (χ3n) is 2.85. The lowest BCUT2D eigenvalue weighted by Gasteiger charge is -2.36. The fourth-order valence-corrected chi connectivity index (χ4v) is 2.82. The molecule has 0 atom stereocenters. The normalized spacial score (nSPS) is 17.2. The van der Waals surface area contributed by atoms with Gasteiger partial charge >= 0.3 is 6.09 Å². The number of ether oxygens (including phenoxy) is 2. The van der Waals surface area contributed by atoms with Crippen molar-refractivity contribution >= 4 is 22.3 Å². The van der Waals surface area contributed by atoms with Gasteiger partial charge in [0.2, 0.25) is 0 Å². The Balaban J connectivity index is 2.10. The van der Waals surface area contributed by atoms with Gasteiger partial charge in [-0.3, -0.25) is 0 Å². The first kappa shape index (κ1) is 15.3. The summed E-state index contributed by atoms with van der Waals surface area (Å²) in [6.07, 6.45) is 0.184. The molecule has 0 aliphatic carbocycles. The van der Waals surface area contributed by atoms with Gasteiger partial charge in [-0.15, -0.1) is 0 Å². The summed E-state index contributed by atoms with van der Waals surface area (Å²) in [5, 5.41) is 3.63. The van der Waals surface area contributed by atoms with Gasteiger partial charge < -0.3 is 15.2 Å². The molecule has 0 radical (unpaired) electrons. The number of sulfonamides is 1. The summed E-state index contributed by atoms with van der Waals surface area (Å²) in [6.45, 7) is 1.83. The number of nitrogens with two attached hydrogens (primary N) is 1. The van der Waals surface area contributed by atoms with E-state index >= 15 is 0 Å². The van der Waals surface area contributed by atoms with Crippen LogP contribution in [0.2, 0.25) is 0 Å². The van der Waals surface area contributed by atoms with Crippen LogP contribution in [0.25, 0.3) is 0 Å². The number of nitrogens with one attached hydrogen (secondary N) is 1. The van der Waals surface area contributed by atoms with E-state index in [1.807, 2.05) is 0 Å². The molecule has 21 heavy (non-hydrogen) atoms. The molecule has 0 unspecified atom stereocenters. The van der Waals surface area contributed by atoms with Crippen LogP contribution in [0.15, 0.2) is 34.3 Å². The van der Waals surface area contributed by atoms with Crippen molar-refractivity contribution in [3.8, 4) is 0 Å². The van der Waals surface area contributed by atoms with Crippen molar-refractivity contribution in [2.24, 2.45) is 10.8 Å². The minimum Gasteiger partial charge on any atom is -0.432 e. The molecule has 1 amide bonds. The average Bonchev–Trinajstić information content (AvgIpc) is 2.35. The van der Waals surface area contributed by atoms with Crippen LogP contribution in [0, 0.1) is 6.92 Å². The number of amides is 1. The number of carbonyl (C=O) groups is 1. The summed E-state index contributed by atoms with van der Waals surface area (Å²) in [7, 11) is -3.79. The molecule has 1 aliphatic rings. The number of aryl methyl sites for hydroxylation is 1. The smallest absolute Gasteiger partial charge is 0.405 e. The molecule has 0 bridgehead atoms. The summed E-state index contributed by atoms with van der Waals surface area (Å²) >= 11 is 0. The fourth-order valence-electron chi connectivity index (χ4n) is 1.78. The SMILES string of the molecule is Cc1ccccc1S(=O)(=O)NN=CC1(OC(N)=O)COC1. The summed E-state index contributed by atoms with van der Waals surface area (Å²) in [6, 6.07) is 6.49. The Kier molecular flexibility index (Phi) is 4.14. The predicted octanol–water partition coefficient (Wildman–Crippen LogP) is 0.123. The zero-order valence-corrected chi connectivity index (χ0v) is 12.1. The first-order valence-electron chi connectivity index (χ1n) is 6.02.